The summed E-state index contributed by atoms with van der Waals surface area (Å²) in [5, 5.41) is 0.0462. The third kappa shape index (κ3) is 2.05. The SMILES string of the molecule is [CH2]c1ccc(S(=O)(=O)N(C)C)nc1. The van der Waals surface area contributed by atoms with Gasteiger partial charge in [-0.3, -0.25) is 0 Å². The van der Waals surface area contributed by atoms with Gasteiger partial charge in [-0.25, -0.2) is 17.7 Å². The first-order chi connectivity index (χ1) is 5.94. The van der Waals surface area contributed by atoms with Crippen LogP contribution in [0.5, 0.6) is 0 Å². The van der Waals surface area contributed by atoms with Crippen LogP contribution in [0, 0.1) is 6.92 Å². The number of hydrogen-bond donors (Lipinski definition) is 0. The van der Waals surface area contributed by atoms with Crippen LogP contribution < -0.4 is 0 Å². The minimum atomic E-state index is -3.40. The van der Waals surface area contributed by atoms with E-state index in [0.29, 0.717) is 5.56 Å². The fraction of sp³-hybridized carbons (Fsp3) is 0.250. The summed E-state index contributed by atoms with van der Waals surface area (Å²) in [6.45, 7) is 3.62. The molecule has 1 heterocycles. The zero-order valence-electron chi connectivity index (χ0n) is 7.56. The average molecular weight is 199 g/mol. The highest BCUT2D eigenvalue weighted by molar-refractivity contribution is 7.89. The molecule has 1 rings (SSSR count). The van der Waals surface area contributed by atoms with Gasteiger partial charge in [-0.15, -0.1) is 0 Å². The van der Waals surface area contributed by atoms with E-state index in [1.165, 1.54) is 26.4 Å². The van der Waals surface area contributed by atoms with E-state index in [1.807, 2.05) is 0 Å². The fourth-order valence-corrected chi connectivity index (χ4v) is 1.55. The van der Waals surface area contributed by atoms with Crippen molar-refractivity contribution in [2.75, 3.05) is 14.1 Å². The van der Waals surface area contributed by atoms with Gasteiger partial charge in [0, 0.05) is 20.3 Å². The van der Waals surface area contributed by atoms with Gasteiger partial charge in [-0.1, -0.05) is 6.07 Å². The summed E-state index contributed by atoms with van der Waals surface area (Å²) in [5.41, 5.74) is 0.692. The van der Waals surface area contributed by atoms with Gasteiger partial charge in [0.05, 0.1) is 0 Å². The molecule has 0 aromatic carbocycles. The fourth-order valence-electron chi connectivity index (χ4n) is 0.751. The standard InChI is InChI=1S/C8H11N2O2S/c1-7-4-5-8(9-6-7)13(11,12)10(2)3/h4-6H,1H2,2-3H3. The molecule has 0 saturated carbocycles. The molecule has 13 heavy (non-hydrogen) atoms. The zero-order valence-corrected chi connectivity index (χ0v) is 8.37. The van der Waals surface area contributed by atoms with Crippen LogP contribution in [0.4, 0.5) is 0 Å². The van der Waals surface area contributed by atoms with Gasteiger partial charge >= 0.3 is 0 Å². The highest BCUT2D eigenvalue weighted by atomic mass is 32.2. The van der Waals surface area contributed by atoms with E-state index >= 15 is 0 Å². The topological polar surface area (TPSA) is 50.3 Å². The molecule has 0 saturated heterocycles. The second-order valence-electron chi connectivity index (χ2n) is 2.79. The second-order valence-corrected chi connectivity index (χ2v) is 4.89. The Labute approximate surface area is 78.3 Å². The Morgan fingerprint density at radius 2 is 2.00 bits per heavy atom. The highest BCUT2D eigenvalue weighted by Crippen LogP contribution is 2.09. The van der Waals surface area contributed by atoms with E-state index in [-0.39, 0.29) is 5.03 Å². The van der Waals surface area contributed by atoms with Crippen LogP contribution in [0.15, 0.2) is 23.4 Å². The molecule has 0 aliphatic rings. The van der Waals surface area contributed by atoms with Crippen molar-refractivity contribution in [3.05, 3.63) is 30.8 Å². The molecule has 0 unspecified atom stereocenters. The molecular weight excluding hydrogens is 188 g/mol. The van der Waals surface area contributed by atoms with Crippen molar-refractivity contribution in [1.82, 2.24) is 9.29 Å². The molecule has 1 aromatic rings. The van der Waals surface area contributed by atoms with E-state index in [1.54, 1.807) is 6.07 Å². The summed E-state index contributed by atoms with van der Waals surface area (Å²) in [6, 6.07) is 3.06. The summed E-state index contributed by atoms with van der Waals surface area (Å²) in [6.07, 6.45) is 1.43. The molecule has 0 bridgehead atoms. The molecule has 0 aliphatic heterocycles. The number of aromatic nitrogens is 1. The van der Waals surface area contributed by atoms with Gasteiger partial charge in [0.1, 0.15) is 0 Å². The number of pyridine rings is 1. The third-order valence-corrected chi connectivity index (χ3v) is 3.27. The van der Waals surface area contributed by atoms with Crippen molar-refractivity contribution in [2.45, 2.75) is 5.03 Å². The van der Waals surface area contributed by atoms with Crippen molar-refractivity contribution in [1.29, 1.82) is 0 Å². The van der Waals surface area contributed by atoms with Gasteiger partial charge in [0.2, 0.25) is 0 Å². The van der Waals surface area contributed by atoms with Crippen molar-refractivity contribution < 1.29 is 8.42 Å². The molecule has 0 aliphatic carbocycles. The Balaban J connectivity index is 3.17. The van der Waals surface area contributed by atoms with Crippen molar-refractivity contribution >= 4 is 10.0 Å². The average Bonchev–Trinajstić information content (AvgIpc) is 2.04. The van der Waals surface area contributed by atoms with E-state index in [9.17, 15) is 8.42 Å². The van der Waals surface area contributed by atoms with E-state index in [2.05, 4.69) is 11.9 Å². The van der Waals surface area contributed by atoms with Crippen molar-refractivity contribution in [2.24, 2.45) is 0 Å². The molecule has 0 spiro atoms. The first-order valence-electron chi connectivity index (χ1n) is 3.65. The molecule has 0 amide bonds. The van der Waals surface area contributed by atoms with Gasteiger partial charge in [-0.05, 0) is 18.6 Å². The Morgan fingerprint density at radius 1 is 1.38 bits per heavy atom. The van der Waals surface area contributed by atoms with Crippen LogP contribution >= 0.6 is 0 Å². The maximum absolute atomic E-state index is 11.5. The normalized spacial score (nSPS) is 12.0. The zero-order chi connectivity index (χ0) is 10.1. The van der Waals surface area contributed by atoms with E-state index in [0.717, 1.165) is 4.31 Å². The third-order valence-electron chi connectivity index (χ3n) is 1.54. The first-order valence-corrected chi connectivity index (χ1v) is 5.09. The first kappa shape index (κ1) is 10.1. The lowest BCUT2D eigenvalue weighted by molar-refractivity contribution is 0.517. The lowest BCUT2D eigenvalue weighted by Crippen LogP contribution is -2.23. The Morgan fingerprint density at radius 3 is 2.38 bits per heavy atom. The number of rotatable bonds is 2. The van der Waals surface area contributed by atoms with Crippen LogP contribution in [-0.4, -0.2) is 31.8 Å². The Bertz CT molecular complexity index is 381. The summed E-state index contributed by atoms with van der Waals surface area (Å²) < 4.78 is 24.1. The lowest BCUT2D eigenvalue weighted by atomic mass is 10.3. The van der Waals surface area contributed by atoms with Crippen molar-refractivity contribution in [3.63, 3.8) is 0 Å². The van der Waals surface area contributed by atoms with Crippen LogP contribution in [0.3, 0.4) is 0 Å². The van der Waals surface area contributed by atoms with Crippen LogP contribution in [0.25, 0.3) is 0 Å². The monoisotopic (exact) mass is 199 g/mol. The highest BCUT2D eigenvalue weighted by Gasteiger charge is 2.17. The van der Waals surface area contributed by atoms with E-state index in [4.69, 9.17) is 0 Å². The maximum atomic E-state index is 11.5. The molecule has 71 valence electrons. The van der Waals surface area contributed by atoms with Gasteiger partial charge < -0.3 is 0 Å². The molecule has 1 radical (unpaired) electrons. The maximum Gasteiger partial charge on any atom is 0.260 e. The van der Waals surface area contributed by atoms with Gasteiger partial charge in [-0.2, -0.15) is 0 Å². The predicted octanol–water partition coefficient (Wildman–Crippen LogP) is 0.514. The number of hydrogen-bond acceptors (Lipinski definition) is 3. The van der Waals surface area contributed by atoms with Crippen LogP contribution in [0.1, 0.15) is 5.56 Å². The summed E-state index contributed by atoms with van der Waals surface area (Å²) in [7, 11) is -0.464. The Kier molecular flexibility index (Phi) is 2.68. The molecular formula is C8H11N2O2S. The summed E-state index contributed by atoms with van der Waals surface area (Å²) in [4.78, 5) is 3.78. The number of nitrogens with zero attached hydrogens (tertiary/aromatic N) is 2. The largest absolute Gasteiger partial charge is 0.260 e. The predicted molar refractivity (Wildman–Crippen MR) is 49.6 cm³/mol. The summed E-state index contributed by atoms with van der Waals surface area (Å²) in [5.74, 6) is 0. The minimum Gasteiger partial charge on any atom is -0.243 e. The molecule has 0 atom stereocenters. The van der Waals surface area contributed by atoms with Crippen LogP contribution in [0.2, 0.25) is 0 Å². The smallest absolute Gasteiger partial charge is 0.243 e. The Hall–Kier alpha value is -0.940. The van der Waals surface area contributed by atoms with E-state index < -0.39 is 10.0 Å². The molecule has 5 heteroatoms. The molecule has 0 fully saturated rings. The van der Waals surface area contributed by atoms with Gasteiger partial charge in [0.15, 0.2) is 5.03 Å². The minimum absolute atomic E-state index is 0.0462. The molecule has 4 nitrogen and oxygen atoms in total. The molecule has 0 N–H and O–H groups in total. The number of sulfonamides is 1. The van der Waals surface area contributed by atoms with Gasteiger partial charge in [0.25, 0.3) is 10.0 Å². The second kappa shape index (κ2) is 3.43. The molecule has 1 aromatic heterocycles. The quantitative estimate of drug-likeness (QED) is 0.697. The van der Waals surface area contributed by atoms with Crippen LogP contribution in [-0.2, 0) is 10.0 Å². The summed E-state index contributed by atoms with van der Waals surface area (Å²) >= 11 is 0. The lowest BCUT2D eigenvalue weighted by Gasteiger charge is -2.09. The van der Waals surface area contributed by atoms with Crippen molar-refractivity contribution in [3.8, 4) is 0 Å².